The Bertz CT molecular complexity index is 1600. The third-order valence-electron chi connectivity index (χ3n) is 6.70. The van der Waals surface area contributed by atoms with Crippen LogP contribution in [0.4, 0.5) is 5.69 Å². The second-order valence-electron chi connectivity index (χ2n) is 8.78. The van der Waals surface area contributed by atoms with Crippen LogP contribution in [0.5, 0.6) is 0 Å². The first-order valence-corrected chi connectivity index (χ1v) is 11.7. The van der Waals surface area contributed by atoms with Crippen molar-refractivity contribution in [2.24, 2.45) is 0 Å². The van der Waals surface area contributed by atoms with Crippen LogP contribution < -0.4 is 10.6 Å². The van der Waals surface area contributed by atoms with Gasteiger partial charge in [-0.15, -0.1) is 0 Å². The number of aromatic amines is 2. The summed E-state index contributed by atoms with van der Waals surface area (Å²) in [6, 6.07) is 13.1. The van der Waals surface area contributed by atoms with Gasteiger partial charge in [-0.2, -0.15) is 5.10 Å². The normalized spacial score (nSPS) is 15.1. The second kappa shape index (κ2) is 8.81. The molecule has 2 amide bonds. The lowest BCUT2D eigenvalue weighted by molar-refractivity contribution is -0.125. The summed E-state index contributed by atoms with van der Waals surface area (Å²) in [4.78, 5) is 40.3. The lowest BCUT2D eigenvalue weighted by Crippen LogP contribution is -2.52. The molecule has 0 unspecified atom stereocenters. The number of carbonyl (C=O) groups excluding carboxylic acids is 2. The number of anilines is 1. The number of rotatable bonds is 5. The zero-order valence-electron chi connectivity index (χ0n) is 19.6. The van der Waals surface area contributed by atoms with Crippen LogP contribution in [-0.4, -0.2) is 55.0 Å². The minimum atomic E-state index is -0.627. The Morgan fingerprint density at radius 3 is 2.81 bits per heavy atom. The van der Waals surface area contributed by atoms with E-state index in [1.807, 2.05) is 42.5 Å². The Morgan fingerprint density at radius 2 is 1.94 bits per heavy atom. The van der Waals surface area contributed by atoms with E-state index >= 15 is 0 Å². The van der Waals surface area contributed by atoms with Gasteiger partial charge in [0.25, 0.3) is 5.91 Å². The minimum absolute atomic E-state index is 0.198. The van der Waals surface area contributed by atoms with E-state index in [1.54, 1.807) is 30.5 Å². The average Bonchev–Trinajstić information content (AvgIpc) is 3.54. The summed E-state index contributed by atoms with van der Waals surface area (Å²) in [5.74, 6) is -0.470. The Kier molecular flexibility index (Phi) is 5.33. The highest BCUT2D eigenvalue weighted by Crippen LogP contribution is 2.31. The number of hydrogen-bond acceptors (Lipinski definition) is 6. The number of likely N-dealkylation sites (N-methyl/N-ethyl adjacent to an activating group) is 1. The van der Waals surface area contributed by atoms with Gasteiger partial charge in [-0.25, -0.2) is 0 Å². The predicted octanol–water partition coefficient (Wildman–Crippen LogP) is 2.76. The van der Waals surface area contributed by atoms with Crippen LogP contribution in [0.3, 0.4) is 0 Å². The molecule has 1 aliphatic rings. The van der Waals surface area contributed by atoms with E-state index in [4.69, 9.17) is 0 Å². The van der Waals surface area contributed by atoms with Gasteiger partial charge >= 0.3 is 0 Å². The molecule has 10 nitrogen and oxygen atoms in total. The van der Waals surface area contributed by atoms with E-state index in [0.29, 0.717) is 30.8 Å². The molecular weight excluding hydrogens is 456 g/mol. The number of hydrogen-bond donors (Lipinski definition) is 4. The van der Waals surface area contributed by atoms with E-state index in [-0.39, 0.29) is 11.8 Å². The second-order valence-corrected chi connectivity index (χ2v) is 8.78. The van der Waals surface area contributed by atoms with Crippen molar-refractivity contribution in [2.75, 3.05) is 12.4 Å². The number of benzene rings is 2. The quantitative estimate of drug-likeness (QED) is 0.306. The van der Waals surface area contributed by atoms with E-state index in [1.165, 1.54) is 0 Å². The molecule has 0 bridgehead atoms. The van der Waals surface area contributed by atoms with Crippen molar-refractivity contribution in [3.63, 3.8) is 0 Å². The third-order valence-corrected chi connectivity index (χ3v) is 6.70. The maximum absolute atomic E-state index is 13.7. The molecule has 0 spiro atoms. The van der Waals surface area contributed by atoms with Crippen molar-refractivity contribution in [2.45, 2.75) is 25.6 Å². The fourth-order valence-corrected chi connectivity index (χ4v) is 4.87. The fraction of sp³-hybridized carbons (Fsp3) is 0.192. The van der Waals surface area contributed by atoms with Gasteiger partial charge < -0.3 is 20.5 Å². The third kappa shape index (κ3) is 3.72. The standard InChI is InChI=1S/C26H24N8O2/c1-27-25(35)23-11-18-17-4-2-3-5-19(17)32-22(18)14-34(23)26(36)24-15(13-31-33-24)12-30-16-6-7-20-21(10-16)29-9-8-28-20/h2-10,13,23,30,32H,11-12,14H2,1H3,(H,27,35)(H,31,33)/t23-/m1/s1. The van der Waals surface area contributed by atoms with Gasteiger partial charge in [0, 0.05) is 60.3 Å². The molecule has 0 fully saturated rings. The highest BCUT2D eigenvalue weighted by atomic mass is 16.2. The molecule has 2 aromatic carbocycles. The molecule has 0 saturated carbocycles. The van der Waals surface area contributed by atoms with Gasteiger partial charge in [-0.05, 0) is 29.8 Å². The van der Waals surface area contributed by atoms with Gasteiger partial charge in [-0.3, -0.25) is 24.7 Å². The molecule has 0 radical (unpaired) electrons. The van der Waals surface area contributed by atoms with Crippen LogP contribution in [0, 0.1) is 0 Å². The van der Waals surface area contributed by atoms with E-state index in [2.05, 4.69) is 35.8 Å². The highest BCUT2D eigenvalue weighted by Gasteiger charge is 2.37. The van der Waals surface area contributed by atoms with Gasteiger partial charge in [0.2, 0.25) is 5.91 Å². The number of carbonyl (C=O) groups is 2. The topological polar surface area (TPSA) is 132 Å². The highest BCUT2D eigenvalue weighted by molar-refractivity contribution is 5.98. The summed E-state index contributed by atoms with van der Waals surface area (Å²) < 4.78 is 0. The molecule has 4 N–H and O–H groups in total. The molecule has 36 heavy (non-hydrogen) atoms. The SMILES string of the molecule is CNC(=O)[C@H]1Cc2c([nH]c3ccccc23)CN1C(=O)c1[nH]ncc1CNc1ccc2nccnc2c1. The summed E-state index contributed by atoms with van der Waals surface area (Å²) in [5, 5.41) is 14.1. The Labute approximate surface area is 206 Å². The molecule has 1 atom stereocenters. The maximum atomic E-state index is 13.7. The van der Waals surface area contributed by atoms with E-state index < -0.39 is 6.04 Å². The molecule has 6 rings (SSSR count). The lowest BCUT2D eigenvalue weighted by Gasteiger charge is -2.34. The lowest BCUT2D eigenvalue weighted by atomic mass is 9.95. The smallest absolute Gasteiger partial charge is 0.273 e. The van der Waals surface area contributed by atoms with Crippen molar-refractivity contribution in [3.8, 4) is 0 Å². The summed E-state index contributed by atoms with van der Waals surface area (Å²) >= 11 is 0. The van der Waals surface area contributed by atoms with Crippen molar-refractivity contribution < 1.29 is 9.59 Å². The molecule has 0 saturated heterocycles. The molecule has 3 aromatic heterocycles. The number of H-pyrrole nitrogens is 2. The van der Waals surface area contributed by atoms with Gasteiger partial charge in [0.05, 0.1) is 23.8 Å². The van der Waals surface area contributed by atoms with Crippen LogP contribution in [0.1, 0.15) is 27.3 Å². The molecule has 1 aliphatic heterocycles. The summed E-state index contributed by atoms with van der Waals surface area (Å²) in [7, 11) is 1.59. The number of amides is 2. The van der Waals surface area contributed by atoms with E-state index in [9.17, 15) is 9.59 Å². The van der Waals surface area contributed by atoms with Crippen LogP contribution in [0.15, 0.2) is 61.1 Å². The Balaban J connectivity index is 1.27. The van der Waals surface area contributed by atoms with Gasteiger partial charge in [-0.1, -0.05) is 18.2 Å². The first kappa shape index (κ1) is 21.8. The Morgan fingerprint density at radius 1 is 1.11 bits per heavy atom. The average molecular weight is 481 g/mol. The zero-order chi connectivity index (χ0) is 24.6. The fourth-order valence-electron chi connectivity index (χ4n) is 4.87. The maximum Gasteiger partial charge on any atom is 0.273 e. The summed E-state index contributed by atoms with van der Waals surface area (Å²) in [5.41, 5.74) is 6.53. The number of aromatic nitrogens is 5. The summed E-state index contributed by atoms with van der Waals surface area (Å²) in [6.07, 6.45) is 5.38. The number of para-hydroxylation sites is 1. The molecule has 180 valence electrons. The van der Waals surface area contributed by atoms with E-state index in [0.717, 1.165) is 38.9 Å². The zero-order valence-corrected chi connectivity index (χ0v) is 19.6. The van der Waals surface area contributed by atoms with Crippen molar-refractivity contribution >= 4 is 39.4 Å². The largest absolute Gasteiger partial charge is 0.381 e. The van der Waals surface area contributed by atoms with Gasteiger partial charge in [0.1, 0.15) is 11.7 Å². The monoisotopic (exact) mass is 480 g/mol. The molecular formula is C26H24N8O2. The van der Waals surface area contributed by atoms with Gasteiger partial charge in [0.15, 0.2) is 0 Å². The number of nitrogens with zero attached hydrogens (tertiary/aromatic N) is 4. The number of nitrogens with one attached hydrogen (secondary N) is 4. The molecule has 0 aliphatic carbocycles. The van der Waals surface area contributed by atoms with Crippen LogP contribution in [0.2, 0.25) is 0 Å². The molecule has 10 heteroatoms. The number of fused-ring (bicyclic) bond motifs is 4. The minimum Gasteiger partial charge on any atom is -0.381 e. The Hall–Kier alpha value is -4.73. The summed E-state index contributed by atoms with van der Waals surface area (Å²) in [6.45, 7) is 0.676. The van der Waals surface area contributed by atoms with Crippen LogP contribution >= 0.6 is 0 Å². The van der Waals surface area contributed by atoms with Crippen LogP contribution in [-0.2, 0) is 24.3 Å². The van der Waals surface area contributed by atoms with Crippen LogP contribution in [0.25, 0.3) is 21.9 Å². The predicted molar refractivity (Wildman–Crippen MR) is 135 cm³/mol. The first-order valence-electron chi connectivity index (χ1n) is 11.7. The van der Waals surface area contributed by atoms with Crippen molar-refractivity contribution in [1.29, 1.82) is 0 Å². The van der Waals surface area contributed by atoms with Crippen molar-refractivity contribution in [3.05, 3.63) is 83.6 Å². The molecule has 5 aromatic rings. The first-order chi connectivity index (χ1) is 17.6. The molecule has 4 heterocycles. The van der Waals surface area contributed by atoms with Crippen molar-refractivity contribution in [1.82, 2.24) is 35.4 Å².